The maximum atomic E-state index is 13.3. The predicted octanol–water partition coefficient (Wildman–Crippen LogP) is 5.06. The van der Waals surface area contributed by atoms with Crippen LogP contribution in [0.15, 0.2) is 41.8 Å². The van der Waals surface area contributed by atoms with Crippen LogP contribution < -0.4 is 14.8 Å². The van der Waals surface area contributed by atoms with Gasteiger partial charge < -0.3 is 14.8 Å². The molecule has 0 aliphatic heterocycles. The number of benzene rings is 2. The number of methoxy groups -OCH3 is 1. The summed E-state index contributed by atoms with van der Waals surface area (Å²) in [6, 6.07) is 8.89. The van der Waals surface area contributed by atoms with Crippen LogP contribution >= 0.6 is 11.3 Å². The summed E-state index contributed by atoms with van der Waals surface area (Å²) in [5.41, 5.74) is 1.64. The van der Waals surface area contributed by atoms with E-state index >= 15 is 0 Å². The molecule has 158 valence electrons. The third-order valence-corrected chi connectivity index (χ3v) is 5.09. The monoisotopic (exact) mass is 432 g/mol. The molecule has 0 fully saturated rings. The zero-order valence-electron chi connectivity index (χ0n) is 16.9. The van der Waals surface area contributed by atoms with Gasteiger partial charge in [0.25, 0.3) is 5.91 Å². The fraction of sp³-hybridized carbons (Fsp3) is 0.273. The molecule has 3 rings (SSSR count). The van der Waals surface area contributed by atoms with E-state index < -0.39 is 11.6 Å². The molecule has 5 nitrogen and oxygen atoms in total. The first-order chi connectivity index (χ1) is 14.4. The van der Waals surface area contributed by atoms with Gasteiger partial charge in [0.05, 0.1) is 7.11 Å². The molecule has 3 aromatic rings. The zero-order chi connectivity index (χ0) is 21.7. The van der Waals surface area contributed by atoms with Gasteiger partial charge >= 0.3 is 0 Å². The second-order valence-electron chi connectivity index (χ2n) is 7.04. The van der Waals surface area contributed by atoms with Crippen molar-refractivity contribution in [2.75, 3.05) is 13.7 Å². The average Bonchev–Trinajstić information content (AvgIpc) is 3.23. The number of nitrogens with zero attached hydrogens (tertiary/aromatic N) is 1. The Morgan fingerprint density at radius 3 is 2.63 bits per heavy atom. The first-order valence-corrected chi connectivity index (χ1v) is 10.2. The number of amides is 1. The lowest BCUT2D eigenvalue weighted by atomic mass is 10.2. The Hall–Kier alpha value is -3.00. The molecular formula is C22H22F2N2O3S. The minimum absolute atomic E-state index is 0.0599. The largest absolute Gasteiger partial charge is 0.493 e. The summed E-state index contributed by atoms with van der Waals surface area (Å²) >= 11 is 1.36. The Labute approximate surface area is 177 Å². The van der Waals surface area contributed by atoms with Gasteiger partial charge in [-0.1, -0.05) is 19.9 Å². The van der Waals surface area contributed by atoms with Crippen LogP contribution in [0.1, 0.15) is 29.9 Å². The van der Waals surface area contributed by atoms with Crippen LogP contribution in [0.25, 0.3) is 10.6 Å². The molecule has 30 heavy (non-hydrogen) atoms. The molecule has 1 aromatic heterocycles. The quantitative estimate of drug-likeness (QED) is 0.540. The number of hydrogen-bond donors (Lipinski definition) is 1. The summed E-state index contributed by atoms with van der Waals surface area (Å²) in [6.07, 6.45) is 0. The standard InChI is InChI=1S/C22H22F2N2O3S/c1-13(2)10-25-21(27)18-12-30-22(26-18)15-5-7-19(20(9-15)28-3)29-11-14-4-6-16(23)17(24)8-14/h4-9,12-13H,10-11H2,1-3H3,(H,25,27). The number of nitrogens with one attached hydrogen (secondary N) is 1. The van der Waals surface area contributed by atoms with Gasteiger partial charge in [-0.2, -0.15) is 0 Å². The smallest absolute Gasteiger partial charge is 0.270 e. The van der Waals surface area contributed by atoms with E-state index in [1.165, 1.54) is 24.5 Å². The van der Waals surface area contributed by atoms with Crippen LogP contribution in [0.4, 0.5) is 8.78 Å². The average molecular weight is 432 g/mol. The molecule has 0 radical (unpaired) electrons. The van der Waals surface area contributed by atoms with Gasteiger partial charge in [-0.15, -0.1) is 11.3 Å². The summed E-state index contributed by atoms with van der Waals surface area (Å²) < 4.78 is 37.5. The third kappa shape index (κ3) is 5.33. The molecule has 1 amide bonds. The summed E-state index contributed by atoms with van der Waals surface area (Å²) in [6.45, 7) is 4.69. The molecule has 8 heteroatoms. The molecule has 0 unspecified atom stereocenters. The van der Waals surface area contributed by atoms with E-state index in [1.54, 1.807) is 23.6 Å². The van der Waals surface area contributed by atoms with Crippen molar-refractivity contribution >= 4 is 17.2 Å². The topological polar surface area (TPSA) is 60.5 Å². The van der Waals surface area contributed by atoms with Crippen LogP contribution in [-0.2, 0) is 6.61 Å². The van der Waals surface area contributed by atoms with E-state index in [-0.39, 0.29) is 12.5 Å². The first kappa shape index (κ1) is 21.7. The molecule has 1 heterocycles. The highest BCUT2D eigenvalue weighted by Gasteiger charge is 2.14. The highest BCUT2D eigenvalue weighted by Crippen LogP contribution is 2.34. The minimum atomic E-state index is -0.921. The van der Waals surface area contributed by atoms with Crippen LogP contribution in [0.3, 0.4) is 0 Å². The second kappa shape index (κ2) is 9.67. The van der Waals surface area contributed by atoms with Gasteiger partial charge in [0.2, 0.25) is 0 Å². The fourth-order valence-electron chi connectivity index (χ4n) is 2.61. The highest BCUT2D eigenvalue weighted by molar-refractivity contribution is 7.13. The summed E-state index contributed by atoms with van der Waals surface area (Å²) in [7, 11) is 1.51. The molecule has 0 aliphatic rings. The molecule has 0 saturated carbocycles. The van der Waals surface area contributed by atoms with E-state index in [1.807, 2.05) is 13.8 Å². The lowest BCUT2D eigenvalue weighted by molar-refractivity contribution is 0.0945. The molecule has 2 aromatic carbocycles. The van der Waals surface area contributed by atoms with Gasteiger partial charge in [-0.05, 0) is 41.8 Å². The van der Waals surface area contributed by atoms with Crippen molar-refractivity contribution in [3.63, 3.8) is 0 Å². The van der Waals surface area contributed by atoms with Gasteiger partial charge in [0, 0.05) is 17.5 Å². The van der Waals surface area contributed by atoms with Crippen molar-refractivity contribution in [2.45, 2.75) is 20.5 Å². The third-order valence-electron chi connectivity index (χ3n) is 4.20. The van der Waals surface area contributed by atoms with E-state index in [2.05, 4.69) is 10.3 Å². The first-order valence-electron chi connectivity index (χ1n) is 9.36. The molecule has 0 bridgehead atoms. The van der Waals surface area contributed by atoms with Crippen molar-refractivity contribution in [1.29, 1.82) is 0 Å². The molecular weight excluding hydrogens is 410 g/mol. The maximum absolute atomic E-state index is 13.3. The number of thiazole rings is 1. The number of ether oxygens (including phenoxy) is 2. The van der Waals surface area contributed by atoms with Gasteiger partial charge in [-0.25, -0.2) is 13.8 Å². The molecule has 0 atom stereocenters. The van der Waals surface area contributed by atoms with Crippen molar-refractivity contribution in [3.05, 3.63) is 64.7 Å². The Morgan fingerprint density at radius 2 is 1.93 bits per heavy atom. The van der Waals surface area contributed by atoms with E-state index in [9.17, 15) is 13.6 Å². The number of carbonyl (C=O) groups is 1. The van der Waals surface area contributed by atoms with Gasteiger partial charge in [0.15, 0.2) is 23.1 Å². The van der Waals surface area contributed by atoms with Crippen LogP contribution in [0.5, 0.6) is 11.5 Å². The Morgan fingerprint density at radius 1 is 1.13 bits per heavy atom. The van der Waals surface area contributed by atoms with Crippen LogP contribution in [0, 0.1) is 17.6 Å². The van der Waals surface area contributed by atoms with E-state index in [0.29, 0.717) is 40.2 Å². The van der Waals surface area contributed by atoms with Crippen molar-refractivity contribution in [1.82, 2.24) is 10.3 Å². The molecule has 0 spiro atoms. The number of halogens is 2. The van der Waals surface area contributed by atoms with Crippen LogP contribution in [-0.4, -0.2) is 24.5 Å². The summed E-state index contributed by atoms with van der Waals surface area (Å²) in [4.78, 5) is 16.6. The summed E-state index contributed by atoms with van der Waals surface area (Å²) in [5, 5.41) is 5.23. The lowest BCUT2D eigenvalue weighted by Gasteiger charge is -2.12. The molecule has 0 saturated heterocycles. The fourth-order valence-corrected chi connectivity index (χ4v) is 3.41. The van der Waals surface area contributed by atoms with E-state index in [0.717, 1.165) is 17.7 Å². The van der Waals surface area contributed by atoms with Gasteiger partial charge in [0.1, 0.15) is 17.3 Å². The SMILES string of the molecule is COc1cc(-c2nc(C(=O)NCC(C)C)cs2)ccc1OCc1ccc(F)c(F)c1. The van der Waals surface area contributed by atoms with Crippen LogP contribution in [0.2, 0.25) is 0 Å². The predicted molar refractivity (Wildman–Crippen MR) is 112 cm³/mol. The van der Waals surface area contributed by atoms with E-state index in [4.69, 9.17) is 9.47 Å². The van der Waals surface area contributed by atoms with Crippen molar-refractivity contribution in [3.8, 4) is 22.1 Å². The Balaban J connectivity index is 1.72. The normalized spacial score (nSPS) is 10.9. The number of hydrogen-bond acceptors (Lipinski definition) is 5. The second-order valence-corrected chi connectivity index (χ2v) is 7.90. The van der Waals surface area contributed by atoms with Crippen molar-refractivity contribution in [2.24, 2.45) is 5.92 Å². The Kier molecular flexibility index (Phi) is 6.99. The lowest BCUT2D eigenvalue weighted by Crippen LogP contribution is -2.27. The molecule has 0 aliphatic carbocycles. The van der Waals surface area contributed by atoms with Gasteiger partial charge in [-0.3, -0.25) is 4.79 Å². The number of aromatic nitrogens is 1. The summed E-state index contributed by atoms with van der Waals surface area (Å²) in [5.74, 6) is -0.745. The minimum Gasteiger partial charge on any atom is -0.493 e. The highest BCUT2D eigenvalue weighted by atomic mass is 32.1. The Bertz CT molecular complexity index is 1040. The number of carbonyl (C=O) groups excluding carboxylic acids is 1. The molecule has 1 N–H and O–H groups in total. The maximum Gasteiger partial charge on any atom is 0.270 e. The number of rotatable bonds is 8. The van der Waals surface area contributed by atoms with Crippen molar-refractivity contribution < 1.29 is 23.0 Å². The zero-order valence-corrected chi connectivity index (χ0v) is 17.7.